The van der Waals surface area contributed by atoms with Gasteiger partial charge in [-0.3, -0.25) is 4.79 Å². The topological polar surface area (TPSA) is 67.8 Å². The predicted octanol–water partition coefficient (Wildman–Crippen LogP) is 1.15. The summed E-state index contributed by atoms with van der Waals surface area (Å²) in [5.41, 5.74) is 0.0959. The van der Waals surface area contributed by atoms with Crippen molar-refractivity contribution in [2.24, 2.45) is 4.99 Å². The first-order valence-corrected chi connectivity index (χ1v) is 5.46. The Bertz CT molecular complexity index is 321. The standard InChI is InChI=1S/C11H16N2O3/c1-2-3-4-5-6-16-10(14)7-9-11(15)13-8-12-9/h7-8H,2-6H2,1H3,(H,12,13,15). The van der Waals surface area contributed by atoms with Crippen molar-refractivity contribution in [1.82, 2.24) is 5.32 Å². The molecule has 1 amide bonds. The maximum atomic E-state index is 11.2. The van der Waals surface area contributed by atoms with E-state index in [1.807, 2.05) is 0 Å². The van der Waals surface area contributed by atoms with Gasteiger partial charge in [0.1, 0.15) is 5.70 Å². The first-order valence-electron chi connectivity index (χ1n) is 5.46. The Labute approximate surface area is 94.6 Å². The van der Waals surface area contributed by atoms with Crippen molar-refractivity contribution in [2.75, 3.05) is 6.61 Å². The summed E-state index contributed by atoms with van der Waals surface area (Å²) in [4.78, 5) is 25.9. The van der Waals surface area contributed by atoms with Gasteiger partial charge in [-0.05, 0) is 6.42 Å². The van der Waals surface area contributed by atoms with Gasteiger partial charge in [-0.15, -0.1) is 0 Å². The molecule has 0 aromatic rings. The second kappa shape index (κ2) is 6.76. The molecule has 0 unspecified atom stereocenters. The van der Waals surface area contributed by atoms with Crippen LogP contribution in [0.15, 0.2) is 16.8 Å². The van der Waals surface area contributed by atoms with E-state index in [-0.39, 0.29) is 11.6 Å². The molecule has 0 aromatic carbocycles. The lowest BCUT2D eigenvalue weighted by molar-refractivity contribution is -0.138. The van der Waals surface area contributed by atoms with Gasteiger partial charge in [0.2, 0.25) is 0 Å². The SMILES string of the molecule is CCCCCCOC(=O)C=C1N=CNC1=O. The number of rotatable bonds is 6. The van der Waals surface area contributed by atoms with Crippen LogP contribution in [0.1, 0.15) is 32.6 Å². The van der Waals surface area contributed by atoms with Crippen molar-refractivity contribution in [2.45, 2.75) is 32.6 Å². The molecule has 0 saturated heterocycles. The molecule has 0 aliphatic carbocycles. The molecule has 1 aliphatic heterocycles. The fraction of sp³-hybridized carbons (Fsp3) is 0.545. The lowest BCUT2D eigenvalue weighted by Crippen LogP contribution is -2.16. The van der Waals surface area contributed by atoms with Crippen LogP contribution in [0.5, 0.6) is 0 Å². The minimum Gasteiger partial charge on any atom is -0.462 e. The van der Waals surface area contributed by atoms with Crippen molar-refractivity contribution >= 4 is 18.2 Å². The Morgan fingerprint density at radius 2 is 2.31 bits per heavy atom. The number of carbonyl (C=O) groups excluding carboxylic acids is 2. The fourth-order valence-corrected chi connectivity index (χ4v) is 1.25. The van der Waals surface area contributed by atoms with Gasteiger partial charge in [0, 0.05) is 0 Å². The molecule has 0 bridgehead atoms. The normalized spacial score (nSPS) is 16.6. The molecule has 5 nitrogen and oxygen atoms in total. The minimum atomic E-state index is -0.513. The molecule has 16 heavy (non-hydrogen) atoms. The summed E-state index contributed by atoms with van der Waals surface area (Å²) < 4.78 is 4.93. The van der Waals surface area contributed by atoms with Gasteiger partial charge in [0.25, 0.3) is 5.91 Å². The van der Waals surface area contributed by atoms with Crippen LogP contribution in [0.2, 0.25) is 0 Å². The molecule has 1 aliphatic rings. The summed E-state index contributed by atoms with van der Waals surface area (Å²) in [6.45, 7) is 2.51. The zero-order valence-electron chi connectivity index (χ0n) is 9.36. The van der Waals surface area contributed by atoms with E-state index in [1.165, 1.54) is 6.34 Å². The summed E-state index contributed by atoms with van der Waals surface area (Å²) in [6, 6.07) is 0. The molecule has 1 rings (SSSR count). The third-order valence-corrected chi connectivity index (χ3v) is 2.13. The zero-order valence-corrected chi connectivity index (χ0v) is 9.36. The van der Waals surface area contributed by atoms with Crippen LogP contribution in [0, 0.1) is 0 Å². The van der Waals surface area contributed by atoms with Gasteiger partial charge >= 0.3 is 5.97 Å². The van der Waals surface area contributed by atoms with E-state index < -0.39 is 5.97 Å². The van der Waals surface area contributed by atoms with Gasteiger partial charge < -0.3 is 10.1 Å². The molecular weight excluding hydrogens is 208 g/mol. The second-order valence-corrected chi connectivity index (χ2v) is 3.49. The molecule has 0 radical (unpaired) electrons. The van der Waals surface area contributed by atoms with Crippen molar-refractivity contribution in [3.8, 4) is 0 Å². The summed E-state index contributed by atoms with van der Waals surface area (Å²) >= 11 is 0. The van der Waals surface area contributed by atoms with Crippen LogP contribution < -0.4 is 5.32 Å². The van der Waals surface area contributed by atoms with Crippen LogP contribution in [0.25, 0.3) is 0 Å². The monoisotopic (exact) mass is 224 g/mol. The number of esters is 1. The molecule has 88 valence electrons. The van der Waals surface area contributed by atoms with Crippen LogP contribution >= 0.6 is 0 Å². The quantitative estimate of drug-likeness (QED) is 0.418. The lowest BCUT2D eigenvalue weighted by atomic mass is 10.2. The minimum absolute atomic E-state index is 0.0959. The van der Waals surface area contributed by atoms with Crippen molar-refractivity contribution in [1.29, 1.82) is 0 Å². The Morgan fingerprint density at radius 1 is 1.50 bits per heavy atom. The van der Waals surface area contributed by atoms with Crippen molar-refractivity contribution < 1.29 is 14.3 Å². The number of carbonyl (C=O) groups is 2. The van der Waals surface area contributed by atoms with Gasteiger partial charge in [-0.2, -0.15) is 0 Å². The second-order valence-electron chi connectivity index (χ2n) is 3.49. The number of nitrogens with zero attached hydrogens (tertiary/aromatic N) is 1. The first-order chi connectivity index (χ1) is 7.74. The third kappa shape index (κ3) is 4.25. The molecule has 0 saturated carbocycles. The van der Waals surface area contributed by atoms with Gasteiger partial charge in [-0.25, -0.2) is 9.79 Å². The summed E-state index contributed by atoms with van der Waals surface area (Å²) in [5.74, 6) is -0.886. The predicted molar refractivity (Wildman–Crippen MR) is 59.8 cm³/mol. The summed E-state index contributed by atoms with van der Waals surface area (Å²) in [5, 5.41) is 2.35. The van der Waals surface area contributed by atoms with Crippen molar-refractivity contribution in [3.05, 3.63) is 11.8 Å². The number of ether oxygens (including phenoxy) is 1. The summed E-state index contributed by atoms with van der Waals surface area (Å²) in [7, 11) is 0. The highest BCUT2D eigenvalue weighted by Gasteiger charge is 2.14. The number of unbranched alkanes of at least 4 members (excludes halogenated alkanes) is 3. The summed E-state index contributed by atoms with van der Waals surface area (Å²) in [6.07, 6.45) is 6.57. The van der Waals surface area contributed by atoms with E-state index in [1.54, 1.807) is 0 Å². The highest BCUT2D eigenvalue weighted by atomic mass is 16.5. The lowest BCUT2D eigenvalue weighted by Gasteiger charge is -2.01. The molecular formula is C11H16N2O3. The number of hydrogen-bond acceptors (Lipinski definition) is 4. The smallest absolute Gasteiger partial charge is 0.333 e. The zero-order chi connectivity index (χ0) is 11.8. The molecule has 1 N–H and O–H groups in total. The van der Waals surface area contributed by atoms with Crippen LogP contribution in [0.4, 0.5) is 0 Å². The molecule has 5 heteroatoms. The maximum absolute atomic E-state index is 11.2. The molecule has 0 spiro atoms. The Hall–Kier alpha value is -1.65. The van der Waals surface area contributed by atoms with Crippen LogP contribution in [-0.2, 0) is 14.3 Å². The van der Waals surface area contributed by atoms with Gasteiger partial charge in [0.05, 0.1) is 19.0 Å². The number of nitrogens with one attached hydrogen (secondary N) is 1. The van der Waals surface area contributed by atoms with Gasteiger partial charge in [-0.1, -0.05) is 26.2 Å². The molecule has 0 aromatic heterocycles. The van der Waals surface area contributed by atoms with E-state index >= 15 is 0 Å². The maximum Gasteiger partial charge on any atom is 0.333 e. The molecule has 0 atom stereocenters. The van der Waals surface area contributed by atoms with Crippen LogP contribution in [0.3, 0.4) is 0 Å². The Kier molecular flexibility index (Phi) is 5.25. The highest BCUT2D eigenvalue weighted by molar-refractivity contribution is 6.08. The van der Waals surface area contributed by atoms with E-state index in [4.69, 9.17) is 4.74 Å². The molecule has 1 heterocycles. The van der Waals surface area contributed by atoms with Crippen LogP contribution in [-0.4, -0.2) is 24.8 Å². The van der Waals surface area contributed by atoms with E-state index in [0.717, 1.165) is 31.8 Å². The van der Waals surface area contributed by atoms with Crippen molar-refractivity contribution in [3.63, 3.8) is 0 Å². The number of amides is 1. The van der Waals surface area contributed by atoms with E-state index in [0.29, 0.717) is 6.61 Å². The first kappa shape index (κ1) is 12.4. The average Bonchev–Trinajstić information content (AvgIpc) is 2.64. The third-order valence-electron chi connectivity index (χ3n) is 2.13. The number of aliphatic imine (C=N–C) groups is 1. The number of hydrogen-bond donors (Lipinski definition) is 1. The average molecular weight is 224 g/mol. The Balaban J connectivity index is 2.20. The van der Waals surface area contributed by atoms with E-state index in [9.17, 15) is 9.59 Å². The van der Waals surface area contributed by atoms with E-state index in [2.05, 4.69) is 17.2 Å². The Morgan fingerprint density at radius 3 is 2.94 bits per heavy atom. The molecule has 0 fully saturated rings. The highest BCUT2D eigenvalue weighted by Crippen LogP contribution is 2.03. The fourth-order valence-electron chi connectivity index (χ4n) is 1.25. The van der Waals surface area contributed by atoms with Gasteiger partial charge in [0.15, 0.2) is 0 Å². The largest absolute Gasteiger partial charge is 0.462 e.